The summed E-state index contributed by atoms with van der Waals surface area (Å²) in [6.45, 7) is 4.33. The topological polar surface area (TPSA) is 136 Å². The maximum Gasteiger partial charge on any atom is 0.261 e. The molecule has 11 heteroatoms. The molecule has 10 nitrogen and oxygen atoms in total. The number of benzene rings is 2. The number of anilines is 3. The van der Waals surface area contributed by atoms with Crippen LogP contribution in [0.5, 0.6) is 0 Å². The number of sulfonamides is 1. The molecule has 3 heterocycles. The first-order valence-electron chi connectivity index (χ1n) is 10.7. The van der Waals surface area contributed by atoms with Gasteiger partial charge in [0.2, 0.25) is 5.95 Å². The highest BCUT2D eigenvalue weighted by molar-refractivity contribution is 7.92. The molecule has 1 aliphatic rings. The summed E-state index contributed by atoms with van der Waals surface area (Å²) in [5, 5.41) is 0. The molecule has 0 unspecified atom stereocenters. The van der Waals surface area contributed by atoms with Crippen LogP contribution in [0.25, 0.3) is 22.4 Å². The fraction of sp³-hybridized carbons (Fsp3) is 0.217. The summed E-state index contributed by atoms with van der Waals surface area (Å²) in [4.78, 5) is 20.1. The number of fused-ring (bicyclic) bond motifs is 1. The van der Waals surface area contributed by atoms with Gasteiger partial charge in [0.15, 0.2) is 17.0 Å². The number of nitrogen functional groups attached to an aromatic ring is 1. The third-order valence-electron chi connectivity index (χ3n) is 5.50. The second-order valence-corrected chi connectivity index (χ2v) is 9.58. The van der Waals surface area contributed by atoms with Crippen molar-refractivity contribution in [2.75, 3.05) is 41.7 Å². The minimum Gasteiger partial charge on any atom is -0.378 e. The molecular formula is C23H23N7O3S. The van der Waals surface area contributed by atoms with Crippen LogP contribution < -0.4 is 15.4 Å². The van der Waals surface area contributed by atoms with Crippen LogP contribution in [-0.2, 0) is 14.8 Å². The monoisotopic (exact) mass is 477 g/mol. The Kier molecular flexibility index (Phi) is 5.72. The van der Waals surface area contributed by atoms with E-state index in [0.29, 0.717) is 60.2 Å². The summed E-state index contributed by atoms with van der Waals surface area (Å²) >= 11 is 0. The molecule has 0 saturated carbocycles. The molecule has 0 radical (unpaired) electrons. The van der Waals surface area contributed by atoms with Gasteiger partial charge in [-0.3, -0.25) is 4.72 Å². The van der Waals surface area contributed by atoms with E-state index >= 15 is 0 Å². The van der Waals surface area contributed by atoms with Crippen molar-refractivity contribution >= 4 is 38.6 Å². The van der Waals surface area contributed by atoms with Gasteiger partial charge >= 0.3 is 0 Å². The van der Waals surface area contributed by atoms with Gasteiger partial charge in [0.05, 0.1) is 35.7 Å². The Bertz CT molecular complexity index is 1450. The highest BCUT2D eigenvalue weighted by Gasteiger charge is 2.21. The molecule has 1 aliphatic heterocycles. The van der Waals surface area contributed by atoms with E-state index in [2.05, 4.69) is 19.7 Å². The van der Waals surface area contributed by atoms with E-state index in [1.165, 1.54) is 0 Å². The molecule has 4 aromatic rings. The van der Waals surface area contributed by atoms with Crippen molar-refractivity contribution < 1.29 is 13.2 Å². The standard InChI is InChI=1S/C23H23N7O3S/c1-15-6-8-16(9-7-15)34(31,32)29-18-5-3-2-4-17(18)19-14-25-21-20(26-19)22(28-23(24)27-21)30-10-12-33-13-11-30/h2-9,14,29H,10-13H2,1H3,(H2,24,25,27,28). The minimum absolute atomic E-state index is 0.113. The van der Waals surface area contributed by atoms with Crippen LogP contribution in [0, 0.1) is 6.92 Å². The van der Waals surface area contributed by atoms with Crippen LogP contribution in [0.15, 0.2) is 59.6 Å². The molecule has 2 aromatic heterocycles. The molecule has 1 saturated heterocycles. The second kappa shape index (κ2) is 8.84. The smallest absolute Gasteiger partial charge is 0.261 e. The average molecular weight is 478 g/mol. The van der Waals surface area contributed by atoms with Crippen molar-refractivity contribution in [2.45, 2.75) is 11.8 Å². The molecule has 0 spiro atoms. The van der Waals surface area contributed by atoms with Crippen LogP contribution >= 0.6 is 0 Å². The highest BCUT2D eigenvalue weighted by atomic mass is 32.2. The Morgan fingerprint density at radius 2 is 1.74 bits per heavy atom. The quantitative estimate of drug-likeness (QED) is 0.444. The molecule has 0 aliphatic carbocycles. The van der Waals surface area contributed by atoms with Gasteiger partial charge in [0.25, 0.3) is 10.0 Å². The minimum atomic E-state index is -3.80. The van der Waals surface area contributed by atoms with Crippen LogP contribution in [0.2, 0.25) is 0 Å². The Labute approximate surface area is 196 Å². The number of nitrogens with one attached hydrogen (secondary N) is 1. The van der Waals surface area contributed by atoms with Crippen molar-refractivity contribution in [2.24, 2.45) is 0 Å². The molecule has 0 amide bonds. The lowest BCUT2D eigenvalue weighted by atomic mass is 10.1. The summed E-state index contributed by atoms with van der Waals surface area (Å²) in [5.74, 6) is 0.695. The van der Waals surface area contributed by atoms with Gasteiger partial charge in [0, 0.05) is 18.7 Å². The molecule has 34 heavy (non-hydrogen) atoms. The second-order valence-electron chi connectivity index (χ2n) is 7.90. The first-order valence-corrected chi connectivity index (χ1v) is 12.2. The zero-order valence-electron chi connectivity index (χ0n) is 18.5. The predicted molar refractivity (Wildman–Crippen MR) is 130 cm³/mol. The van der Waals surface area contributed by atoms with Gasteiger partial charge in [-0.2, -0.15) is 9.97 Å². The molecule has 2 aromatic carbocycles. The van der Waals surface area contributed by atoms with Gasteiger partial charge < -0.3 is 15.4 Å². The van der Waals surface area contributed by atoms with Gasteiger partial charge in [-0.15, -0.1) is 0 Å². The number of hydrogen-bond donors (Lipinski definition) is 2. The summed E-state index contributed by atoms with van der Waals surface area (Å²) in [5.41, 5.74) is 9.21. The number of aromatic nitrogens is 4. The average Bonchev–Trinajstić information content (AvgIpc) is 2.84. The molecule has 3 N–H and O–H groups in total. The zero-order chi connectivity index (χ0) is 23.7. The number of para-hydroxylation sites is 1. The van der Waals surface area contributed by atoms with Crippen LogP contribution in [0.4, 0.5) is 17.5 Å². The molecule has 1 fully saturated rings. The number of aryl methyl sites for hydroxylation is 1. The van der Waals surface area contributed by atoms with E-state index in [0.717, 1.165) is 5.56 Å². The number of rotatable bonds is 5. The van der Waals surface area contributed by atoms with E-state index in [1.807, 2.05) is 17.9 Å². The Morgan fingerprint density at radius 3 is 2.50 bits per heavy atom. The third-order valence-corrected chi connectivity index (χ3v) is 6.88. The fourth-order valence-electron chi connectivity index (χ4n) is 3.75. The van der Waals surface area contributed by atoms with Crippen molar-refractivity contribution in [3.05, 3.63) is 60.3 Å². The zero-order valence-corrected chi connectivity index (χ0v) is 19.3. The van der Waals surface area contributed by atoms with Crippen molar-refractivity contribution in [1.29, 1.82) is 0 Å². The van der Waals surface area contributed by atoms with Gasteiger partial charge in [0.1, 0.15) is 0 Å². The number of ether oxygens (including phenoxy) is 1. The SMILES string of the molecule is Cc1ccc(S(=O)(=O)Nc2ccccc2-c2cnc3nc(N)nc(N4CCOCC4)c3n2)cc1. The number of morpholine rings is 1. The lowest BCUT2D eigenvalue weighted by Gasteiger charge is -2.28. The Balaban J connectivity index is 1.57. The third kappa shape index (κ3) is 4.35. The van der Waals surface area contributed by atoms with E-state index in [4.69, 9.17) is 15.5 Å². The first kappa shape index (κ1) is 22.0. The normalized spacial score (nSPS) is 14.3. The van der Waals surface area contributed by atoms with Crippen LogP contribution in [-0.4, -0.2) is 54.7 Å². The number of nitrogens with zero attached hydrogens (tertiary/aromatic N) is 5. The molecular weight excluding hydrogens is 454 g/mol. The van der Waals surface area contributed by atoms with Gasteiger partial charge in [-0.1, -0.05) is 35.9 Å². The first-order chi connectivity index (χ1) is 16.4. The lowest BCUT2D eigenvalue weighted by molar-refractivity contribution is 0.122. The molecule has 174 valence electrons. The van der Waals surface area contributed by atoms with Gasteiger partial charge in [-0.25, -0.2) is 18.4 Å². The van der Waals surface area contributed by atoms with Crippen LogP contribution in [0.3, 0.4) is 0 Å². The highest BCUT2D eigenvalue weighted by Crippen LogP contribution is 2.31. The predicted octanol–water partition coefficient (Wildman–Crippen LogP) is 2.61. The van der Waals surface area contributed by atoms with E-state index < -0.39 is 10.0 Å². The summed E-state index contributed by atoms with van der Waals surface area (Å²) in [6.07, 6.45) is 1.55. The maximum absolute atomic E-state index is 13.0. The van der Waals surface area contributed by atoms with Crippen molar-refractivity contribution in [1.82, 2.24) is 19.9 Å². The van der Waals surface area contributed by atoms with E-state index in [9.17, 15) is 8.42 Å². The lowest BCUT2D eigenvalue weighted by Crippen LogP contribution is -2.37. The largest absolute Gasteiger partial charge is 0.378 e. The summed E-state index contributed by atoms with van der Waals surface area (Å²) < 4.78 is 34.1. The summed E-state index contributed by atoms with van der Waals surface area (Å²) in [6, 6.07) is 13.7. The van der Waals surface area contributed by atoms with Gasteiger partial charge in [-0.05, 0) is 25.1 Å². The van der Waals surface area contributed by atoms with Crippen molar-refractivity contribution in [3.8, 4) is 11.3 Å². The van der Waals surface area contributed by atoms with E-state index in [-0.39, 0.29) is 10.8 Å². The molecule has 5 rings (SSSR count). The summed E-state index contributed by atoms with van der Waals surface area (Å²) in [7, 11) is -3.80. The molecule has 0 atom stereocenters. The maximum atomic E-state index is 13.0. The van der Waals surface area contributed by atoms with Crippen molar-refractivity contribution in [3.63, 3.8) is 0 Å². The number of hydrogen-bond acceptors (Lipinski definition) is 9. The Morgan fingerprint density at radius 1 is 1.00 bits per heavy atom. The molecule has 0 bridgehead atoms. The van der Waals surface area contributed by atoms with Crippen LogP contribution in [0.1, 0.15) is 5.56 Å². The number of nitrogens with two attached hydrogens (primary N) is 1. The Hall–Kier alpha value is -3.83. The fourth-order valence-corrected chi connectivity index (χ4v) is 4.83. The van der Waals surface area contributed by atoms with E-state index in [1.54, 1.807) is 48.7 Å².